The fourth-order valence-corrected chi connectivity index (χ4v) is 3.80. The van der Waals surface area contributed by atoms with Crippen LogP contribution < -0.4 is 0 Å². The second-order valence-electron chi connectivity index (χ2n) is 6.07. The number of Topliss-reactive ketones (excluding diaryl/α,β-unsaturated/α-hetero) is 1. The molecule has 0 amide bonds. The summed E-state index contributed by atoms with van der Waals surface area (Å²) < 4.78 is 0. The number of fused-ring (bicyclic) bond motifs is 2. The van der Waals surface area contributed by atoms with Crippen LogP contribution in [-0.2, 0) is 4.79 Å². The van der Waals surface area contributed by atoms with E-state index in [4.69, 9.17) is 0 Å². The molecule has 0 aromatic carbocycles. The highest BCUT2D eigenvalue weighted by atomic mass is 16.1. The summed E-state index contributed by atoms with van der Waals surface area (Å²) in [4.78, 5) is 11.1. The zero-order valence-electron chi connectivity index (χ0n) is 10.2. The summed E-state index contributed by atoms with van der Waals surface area (Å²) in [5, 5.41) is 0. The van der Waals surface area contributed by atoms with Gasteiger partial charge < -0.3 is 4.79 Å². The predicted octanol–water partition coefficient (Wildman–Crippen LogP) is 3.74. The molecule has 0 heterocycles. The first-order chi connectivity index (χ1) is 6.89. The standard InChI is InChI=1S/C14H22O/c1-10(15)5-7-14-8-6-12(9-14)11(2)13(14,3)4/h12H,2,5-9H2,1,3-4H3. The Morgan fingerprint density at radius 2 is 2.20 bits per heavy atom. The van der Waals surface area contributed by atoms with E-state index >= 15 is 0 Å². The number of carbonyl (C=O) groups excluding carboxylic acids is 1. The number of carbonyl (C=O) groups is 1. The van der Waals surface area contributed by atoms with Crippen molar-refractivity contribution in [2.45, 2.75) is 52.9 Å². The summed E-state index contributed by atoms with van der Waals surface area (Å²) in [5.41, 5.74) is 2.09. The number of allylic oxidation sites excluding steroid dienone is 1. The molecule has 2 fully saturated rings. The van der Waals surface area contributed by atoms with Crippen LogP contribution in [-0.4, -0.2) is 5.78 Å². The van der Waals surface area contributed by atoms with Gasteiger partial charge in [0.15, 0.2) is 0 Å². The van der Waals surface area contributed by atoms with Gasteiger partial charge in [-0.1, -0.05) is 26.0 Å². The third kappa shape index (κ3) is 1.39. The highest BCUT2D eigenvalue weighted by Gasteiger charge is 2.58. The third-order valence-corrected chi connectivity index (χ3v) is 5.19. The van der Waals surface area contributed by atoms with Crippen LogP contribution in [0, 0.1) is 16.7 Å². The Balaban J connectivity index is 2.20. The second kappa shape index (κ2) is 3.20. The lowest BCUT2D eigenvalue weighted by molar-refractivity contribution is -0.117. The number of rotatable bonds is 3. The van der Waals surface area contributed by atoms with E-state index in [0.717, 1.165) is 18.8 Å². The van der Waals surface area contributed by atoms with Crippen molar-refractivity contribution < 1.29 is 4.79 Å². The minimum Gasteiger partial charge on any atom is -0.300 e. The molecule has 2 bridgehead atoms. The lowest BCUT2D eigenvalue weighted by Gasteiger charge is -2.43. The number of hydrogen-bond acceptors (Lipinski definition) is 1. The maximum absolute atomic E-state index is 11.1. The lowest BCUT2D eigenvalue weighted by atomic mass is 9.61. The smallest absolute Gasteiger partial charge is 0.129 e. The largest absolute Gasteiger partial charge is 0.300 e. The Kier molecular flexibility index (Phi) is 2.33. The van der Waals surface area contributed by atoms with Gasteiger partial charge in [0.05, 0.1) is 0 Å². The molecular weight excluding hydrogens is 184 g/mol. The van der Waals surface area contributed by atoms with Crippen LogP contribution in [0.2, 0.25) is 0 Å². The lowest BCUT2D eigenvalue weighted by Crippen LogP contribution is -2.34. The third-order valence-electron chi connectivity index (χ3n) is 5.19. The number of hydrogen-bond donors (Lipinski definition) is 0. The fraction of sp³-hybridized carbons (Fsp3) is 0.786. The van der Waals surface area contributed by atoms with Gasteiger partial charge in [0.1, 0.15) is 5.78 Å². The van der Waals surface area contributed by atoms with E-state index in [9.17, 15) is 4.79 Å². The van der Waals surface area contributed by atoms with Crippen molar-refractivity contribution in [3.63, 3.8) is 0 Å². The Labute approximate surface area is 92.9 Å². The molecule has 0 spiro atoms. The van der Waals surface area contributed by atoms with Crippen molar-refractivity contribution in [3.8, 4) is 0 Å². The van der Waals surface area contributed by atoms with Crippen molar-refractivity contribution in [1.82, 2.24) is 0 Å². The Morgan fingerprint density at radius 1 is 1.53 bits per heavy atom. The van der Waals surface area contributed by atoms with Crippen molar-refractivity contribution in [2.75, 3.05) is 0 Å². The van der Waals surface area contributed by atoms with Gasteiger partial charge in [-0.2, -0.15) is 0 Å². The van der Waals surface area contributed by atoms with Crippen LogP contribution in [0.15, 0.2) is 12.2 Å². The summed E-state index contributed by atoms with van der Waals surface area (Å²) >= 11 is 0. The fourth-order valence-electron chi connectivity index (χ4n) is 3.80. The Morgan fingerprint density at radius 3 is 2.67 bits per heavy atom. The van der Waals surface area contributed by atoms with Crippen LogP contribution in [0.4, 0.5) is 0 Å². The minimum absolute atomic E-state index is 0.255. The quantitative estimate of drug-likeness (QED) is 0.643. The highest BCUT2D eigenvalue weighted by molar-refractivity contribution is 5.75. The van der Waals surface area contributed by atoms with Gasteiger partial charge in [-0.15, -0.1) is 0 Å². The molecule has 0 saturated heterocycles. The summed E-state index contributed by atoms with van der Waals surface area (Å²) in [7, 11) is 0. The molecule has 0 aromatic heterocycles. The highest BCUT2D eigenvalue weighted by Crippen LogP contribution is 2.68. The first-order valence-corrected chi connectivity index (χ1v) is 6.08. The molecule has 15 heavy (non-hydrogen) atoms. The molecule has 2 saturated carbocycles. The maximum atomic E-state index is 11.1. The topological polar surface area (TPSA) is 17.1 Å². The van der Waals surface area contributed by atoms with E-state index < -0.39 is 0 Å². The Bertz CT molecular complexity index is 313. The average Bonchev–Trinajstić information content (AvgIpc) is 2.64. The van der Waals surface area contributed by atoms with Crippen molar-refractivity contribution in [1.29, 1.82) is 0 Å². The van der Waals surface area contributed by atoms with Crippen molar-refractivity contribution in [3.05, 3.63) is 12.2 Å². The normalized spacial score (nSPS) is 37.3. The van der Waals surface area contributed by atoms with Gasteiger partial charge in [-0.05, 0) is 49.4 Å². The minimum atomic E-state index is 0.255. The molecule has 0 N–H and O–H groups in total. The van der Waals surface area contributed by atoms with Gasteiger partial charge in [0.2, 0.25) is 0 Å². The molecule has 2 aliphatic rings. The van der Waals surface area contributed by atoms with Crippen LogP contribution in [0.3, 0.4) is 0 Å². The zero-order valence-corrected chi connectivity index (χ0v) is 10.2. The van der Waals surface area contributed by atoms with E-state index in [-0.39, 0.29) is 5.41 Å². The summed E-state index contributed by atoms with van der Waals surface area (Å²) in [6.07, 6.45) is 5.72. The molecule has 0 aliphatic heterocycles. The second-order valence-corrected chi connectivity index (χ2v) is 6.07. The van der Waals surface area contributed by atoms with Crippen molar-refractivity contribution >= 4 is 5.78 Å². The molecule has 1 heteroatoms. The molecule has 2 unspecified atom stereocenters. The molecule has 1 nitrogen and oxygen atoms in total. The molecular formula is C14H22O. The molecule has 0 aromatic rings. The van der Waals surface area contributed by atoms with Gasteiger partial charge in [-0.25, -0.2) is 0 Å². The molecule has 2 atom stereocenters. The maximum Gasteiger partial charge on any atom is 0.129 e. The van der Waals surface area contributed by atoms with Crippen LogP contribution in [0.25, 0.3) is 0 Å². The summed E-state index contributed by atoms with van der Waals surface area (Å²) in [6, 6.07) is 0. The van der Waals surface area contributed by atoms with Crippen LogP contribution in [0.5, 0.6) is 0 Å². The number of ketones is 1. The van der Waals surface area contributed by atoms with E-state index in [1.165, 1.54) is 24.8 Å². The van der Waals surface area contributed by atoms with Gasteiger partial charge in [0, 0.05) is 6.42 Å². The van der Waals surface area contributed by atoms with E-state index in [1.54, 1.807) is 6.92 Å². The predicted molar refractivity (Wildman–Crippen MR) is 62.6 cm³/mol. The van der Waals surface area contributed by atoms with Gasteiger partial charge >= 0.3 is 0 Å². The summed E-state index contributed by atoms with van der Waals surface area (Å²) in [6.45, 7) is 10.6. The first-order valence-electron chi connectivity index (χ1n) is 6.08. The SMILES string of the molecule is C=C1C2CCC(CCC(C)=O)(C2)C1(C)C. The zero-order chi connectivity index (χ0) is 11.3. The monoisotopic (exact) mass is 206 g/mol. The van der Waals surface area contributed by atoms with Crippen LogP contribution >= 0.6 is 0 Å². The average molecular weight is 206 g/mol. The Hall–Kier alpha value is -0.590. The van der Waals surface area contributed by atoms with Gasteiger partial charge in [0.25, 0.3) is 0 Å². The van der Waals surface area contributed by atoms with E-state index in [2.05, 4.69) is 20.4 Å². The molecule has 2 rings (SSSR count). The van der Waals surface area contributed by atoms with Gasteiger partial charge in [-0.3, -0.25) is 0 Å². The molecule has 2 aliphatic carbocycles. The summed E-state index contributed by atoms with van der Waals surface area (Å²) in [5.74, 6) is 1.08. The van der Waals surface area contributed by atoms with Crippen LogP contribution in [0.1, 0.15) is 52.9 Å². The van der Waals surface area contributed by atoms with E-state index in [0.29, 0.717) is 11.2 Å². The van der Waals surface area contributed by atoms with Crippen molar-refractivity contribution in [2.24, 2.45) is 16.7 Å². The van der Waals surface area contributed by atoms with E-state index in [1.807, 2.05) is 0 Å². The molecule has 0 radical (unpaired) electrons. The molecule has 84 valence electrons. The first kappa shape index (κ1) is 10.9.